The second kappa shape index (κ2) is 10.9. The van der Waals surface area contributed by atoms with E-state index in [4.69, 9.17) is 9.47 Å². The van der Waals surface area contributed by atoms with Gasteiger partial charge in [0.25, 0.3) is 0 Å². The molecule has 8 heteroatoms. The predicted molar refractivity (Wildman–Crippen MR) is 129 cm³/mol. The molecular weight excluding hydrogens is 434 g/mol. The summed E-state index contributed by atoms with van der Waals surface area (Å²) in [6, 6.07) is 18.7. The highest BCUT2D eigenvalue weighted by Crippen LogP contribution is 2.21. The van der Waals surface area contributed by atoms with Gasteiger partial charge in [-0.25, -0.2) is 10.2 Å². The average molecular weight is 460 g/mol. The Morgan fingerprint density at radius 1 is 0.853 bits per heavy atom. The molecule has 0 heterocycles. The number of rotatable bonds is 6. The van der Waals surface area contributed by atoms with Gasteiger partial charge in [0.1, 0.15) is 17.1 Å². The number of carbonyl (C=O) groups excluding carboxylic acids is 3. The molecule has 2 N–H and O–H groups in total. The lowest BCUT2D eigenvalue weighted by Gasteiger charge is -2.09. The van der Waals surface area contributed by atoms with Crippen LogP contribution in [0.5, 0.6) is 11.5 Å². The van der Waals surface area contributed by atoms with Crippen molar-refractivity contribution in [1.29, 1.82) is 0 Å². The van der Waals surface area contributed by atoms with E-state index in [1.165, 1.54) is 7.11 Å². The van der Waals surface area contributed by atoms with Crippen molar-refractivity contribution in [2.24, 2.45) is 5.10 Å². The first-order valence-corrected chi connectivity index (χ1v) is 10.5. The van der Waals surface area contributed by atoms with E-state index in [9.17, 15) is 14.4 Å². The molecule has 34 heavy (non-hydrogen) atoms. The lowest BCUT2D eigenvalue weighted by atomic mass is 10.1. The smallest absolute Gasteiger partial charge is 0.347 e. The standard InChI is InChI=1S/C26H25N3O5/c1-16-9-12-20(15-17(16)2)27-24(30)25(31)29-28-18(3)19-10-13-21(14-11-19)34-26(32)22-7-5-6-8-23(22)33-4/h5-15H,1-4H3,(H,27,30)(H,29,31)/b28-18+. The first kappa shape index (κ1) is 24.2. The number of hydrazone groups is 1. The zero-order valence-electron chi connectivity index (χ0n) is 19.3. The van der Waals surface area contributed by atoms with E-state index in [-0.39, 0.29) is 0 Å². The van der Waals surface area contributed by atoms with Crippen LogP contribution in [-0.2, 0) is 9.59 Å². The number of methoxy groups -OCH3 is 1. The van der Waals surface area contributed by atoms with Crippen LogP contribution in [-0.4, -0.2) is 30.6 Å². The summed E-state index contributed by atoms with van der Waals surface area (Å²) in [7, 11) is 1.48. The number of esters is 1. The SMILES string of the molecule is COc1ccccc1C(=O)Oc1ccc(/C(C)=N/NC(=O)C(=O)Nc2ccc(C)c(C)c2)cc1. The number of ether oxygens (including phenoxy) is 2. The quantitative estimate of drug-likeness (QED) is 0.190. The summed E-state index contributed by atoms with van der Waals surface area (Å²) in [5.74, 6) is -1.50. The van der Waals surface area contributed by atoms with E-state index in [1.54, 1.807) is 67.6 Å². The molecule has 0 aliphatic rings. The van der Waals surface area contributed by atoms with Gasteiger partial charge < -0.3 is 14.8 Å². The molecule has 174 valence electrons. The number of benzene rings is 3. The third kappa shape index (κ3) is 6.07. The molecule has 2 amide bonds. The maximum Gasteiger partial charge on any atom is 0.347 e. The summed E-state index contributed by atoms with van der Waals surface area (Å²) < 4.78 is 10.6. The van der Waals surface area contributed by atoms with Gasteiger partial charge in [-0.15, -0.1) is 0 Å². The molecule has 0 fully saturated rings. The van der Waals surface area contributed by atoms with Crippen molar-refractivity contribution < 1.29 is 23.9 Å². The highest BCUT2D eigenvalue weighted by Gasteiger charge is 2.15. The minimum atomic E-state index is -0.889. The van der Waals surface area contributed by atoms with Crippen molar-refractivity contribution in [3.63, 3.8) is 0 Å². The second-order valence-electron chi connectivity index (χ2n) is 7.51. The Morgan fingerprint density at radius 3 is 2.24 bits per heavy atom. The van der Waals surface area contributed by atoms with Crippen LogP contribution in [0.1, 0.15) is 34.0 Å². The number of amides is 2. The van der Waals surface area contributed by atoms with Crippen molar-refractivity contribution in [3.8, 4) is 11.5 Å². The van der Waals surface area contributed by atoms with Gasteiger partial charge in [0.15, 0.2) is 0 Å². The number of nitrogens with one attached hydrogen (secondary N) is 2. The van der Waals surface area contributed by atoms with Crippen LogP contribution in [0.4, 0.5) is 5.69 Å². The molecule has 0 bridgehead atoms. The van der Waals surface area contributed by atoms with Crippen LogP contribution in [0.2, 0.25) is 0 Å². The molecule has 0 aliphatic heterocycles. The highest BCUT2D eigenvalue weighted by atomic mass is 16.5. The van der Waals surface area contributed by atoms with Gasteiger partial charge in [-0.3, -0.25) is 9.59 Å². The molecule has 0 atom stereocenters. The van der Waals surface area contributed by atoms with Crippen LogP contribution in [0.25, 0.3) is 0 Å². The molecule has 3 rings (SSSR count). The van der Waals surface area contributed by atoms with Gasteiger partial charge in [-0.2, -0.15) is 5.10 Å². The number of hydrogen-bond donors (Lipinski definition) is 2. The van der Waals surface area contributed by atoms with Crippen LogP contribution >= 0.6 is 0 Å². The van der Waals surface area contributed by atoms with Gasteiger partial charge >= 0.3 is 17.8 Å². The van der Waals surface area contributed by atoms with E-state index < -0.39 is 17.8 Å². The van der Waals surface area contributed by atoms with Crippen LogP contribution < -0.4 is 20.2 Å². The number of nitrogens with zero attached hydrogens (tertiary/aromatic N) is 1. The fourth-order valence-corrected chi connectivity index (χ4v) is 3.00. The number of hydrogen-bond acceptors (Lipinski definition) is 6. The Bertz CT molecular complexity index is 1250. The van der Waals surface area contributed by atoms with Gasteiger partial charge in [0.2, 0.25) is 0 Å². The largest absolute Gasteiger partial charge is 0.496 e. The first-order chi connectivity index (χ1) is 16.3. The fraction of sp³-hybridized carbons (Fsp3) is 0.154. The normalized spacial score (nSPS) is 10.9. The Kier molecular flexibility index (Phi) is 7.76. The Morgan fingerprint density at radius 2 is 1.56 bits per heavy atom. The maximum atomic E-state index is 12.4. The number of para-hydroxylation sites is 1. The van der Waals surface area contributed by atoms with Crippen molar-refractivity contribution in [3.05, 3.63) is 89.0 Å². The first-order valence-electron chi connectivity index (χ1n) is 10.5. The monoisotopic (exact) mass is 459 g/mol. The number of anilines is 1. The third-order valence-corrected chi connectivity index (χ3v) is 5.11. The molecule has 0 saturated carbocycles. The van der Waals surface area contributed by atoms with Crippen molar-refractivity contribution in [2.45, 2.75) is 20.8 Å². The van der Waals surface area contributed by atoms with Crippen LogP contribution in [0.15, 0.2) is 71.8 Å². The van der Waals surface area contributed by atoms with Crippen molar-refractivity contribution in [1.82, 2.24) is 5.43 Å². The predicted octanol–water partition coefficient (Wildman–Crippen LogP) is 4.01. The summed E-state index contributed by atoms with van der Waals surface area (Å²) in [5, 5.41) is 6.52. The van der Waals surface area contributed by atoms with Gasteiger partial charge in [-0.05, 0) is 86.0 Å². The Labute approximate surface area is 197 Å². The third-order valence-electron chi connectivity index (χ3n) is 5.11. The minimum Gasteiger partial charge on any atom is -0.496 e. The van der Waals surface area contributed by atoms with Crippen LogP contribution in [0, 0.1) is 13.8 Å². The van der Waals surface area contributed by atoms with E-state index >= 15 is 0 Å². The van der Waals surface area contributed by atoms with Crippen molar-refractivity contribution in [2.75, 3.05) is 12.4 Å². The van der Waals surface area contributed by atoms with Gasteiger partial charge in [0.05, 0.1) is 12.8 Å². The lowest BCUT2D eigenvalue weighted by molar-refractivity contribution is -0.136. The zero-order chi connectivity index (χ0) is 24.7. The topological polar surface area (TPSA) is 106 Å². The van der Waals surface area contributed by atoms with E-state index in [0.717, 1.165) is 11.1 Å². The molecule has 0 aliphatic carbocycles. The van der Waals surface area contributed by atoms with E-state index in [2.05, 4.69) is 15.8 Å². The maximum absolute atomic E-state index is 12.4. The molecule has 0 saturated heterocycles. The molecule has 0 unspecified atom stereocenters. The average Bonchev–Trinajstić information content (AvgIpc) is 2.84. The fourth-order valence-electron chi connectivity index (χ4n) is 3.00. The van der Waals surface area contributed by atoms with Crippen molar-refractivity contribution >= 4 is 29.2 Å². The number of carbonyl (C=O) groups is 3. The molecule has 3 aromatic carbocycles. The summed E-state index contributed by atoms with van der Waals surface area (Å²) >= 11 is 0. The van der Waals surface area contributed by atoms with Gasteiger partial charge in [-0.1, -0.05) is 18.2 Å². The molecule has 0 aromatic heterocycles. The van der Waals surface area contributed by atoms with Crippen LogP contribution in [0.3, 0.4) is 0 Å². The van der Waals surface area contributed by atoms with E-state index in [1.807, 2.05) is 19.9 Å². The van der Waals surface area contributed by atoms with Gasteiger partial charge in [0, 0.05) is 5.69 Å². The lowest BCUT2D eigenvalue weighted by Crippen LogP contribution is -2.33. The molecule has 8 nitrogen and oxygen atoms in total. The molecule has 0 radical (unpaired) electrons. The summed E-state index contributed by atoms with van der Waals surface area (Å²) in [5.41, 5.74) is 6.32. The summed E-state index contributed by atoms with van der Waals surface area (Å²) in [6.45, 7) is 5.56. The Balaban J connectivity index is 1.58. The number of aryl methyl sites for hydroxylation is 2. The van der Waals surface area contributed by atoms with E-state index in [0.29, 0.717) is 34.0 Å². The molecule has 3 aromatic rings. The highest BCUT2D eigenvalue weighted by molar-refractivity contribution is 6.39. The molecule has 0 spiro atoms. The summed E-state index contributed by atoms with van der Waals surface area (Å²) in [4.78, 5) is 36.6. The summed E-state index contributed by atoms with van der Waals surface area (Å²) in [6.07, 6.45) is 0. The Hall–Kier alpha value is -4.46. The molecular formula is C26H25N3O5. The minimum absolute atomic E-state index is 0.314. The zero-order valence-corrected chi connectivity index (χ0v) is 19.3. The second-order valence-corrected chi connectivity index (χ2v) is 7.51.